The molecule has 0 unspecified atom stereocenters. The zero-order valence-corrected chi connectivity index (χ0v) is 23.7. The second-order valence-corrected chi connectivity index (χ2v) is 13.7. The molecule has 5 fully saturated rings. The Hall–Kier alpha value is -3.21. The molecule has 2 aromatic carbocycles. The van der Waals surface area contributed by atoms with Crippen LogP contribution in [0.1, 0.15) is 75.5 Å². The number of ether oxygens (including phenoxy) is 2. The van der Waals surface area contributed by atoms with Gasteiger partial charge in [-0.05, 0) is 104 Å². The average molecular weight is 567 g/mol. The first-order chi connectivity index (χ1) is 19.4. The number of halogens is 3. The van der Waals surface area contributed by atoms with Crippen LogP contribution in [0.2, 0.25) is 0 Å². The first-order valence-corrected chi connectivity index (χ1v) is 14.7. The Balaban J connectivity index is 1.05. The highest BCUT2D eigenvalue weighted by atomic mass is 19.4. The second-order valence-electron chi connectivity index (χ2n) is 13.7. The fourth-order valence-corrected chi connectivity index (χ4v) is 8.45. The smallest absolute Gasteiger partial charge is 0.417 e. The predicted octanol–water partition coefficient (Wildman–Crippen LogP) is 7.38. The normalized spacial score (nSPS) is 30.0. The minimum absolute atomic E-state index is 0.0837. The third kappa shape index (κ3) is 5.65. The summed E-state index contributed by atoms with van der Waals surface area (Å²) in [7, 11) is 0. The minimum Gasteiger partial charge on any atom is -0.494 e. The molecule has 1 amide bonds. The molecule has 7 rings (SSSR count). The van der Waals surface area contributed by atoms with Crippen molar-refractivity contribution in [1.29, 1.82) is 5.26 Å². The van der Waals surface area contributed by atoms with E-state index in [1.165, 1.54) is 44.6 Å². The topological polar surface area (TPSA) is 62.6 Å². The number of nitrogens with zero attached hydrogens (tertiary/aromatic N) is 2. The lowest BCUT2D eigenvalue weighted by atomic mass is 9.49. The van der Waals surface area contributed by atoms with Crippen LogP contribution in [0, 0.1) is 39.9 Å². The van der Waals surface area contributed by atoms with E-state index < -0.39 is 28.8 Å². The molecule has 0 aromatic heterocycles. The third-order valence-electron chi connectivity index (χ3n) is 9.88. The molecule has 0 spiro atoms. The molecular formula is C33H37F3N2O3. The van der Waals surface area contributed by atoms with Crippen LogP contribution in [0.15, 0.2) is 42.5 Å². The molecule has 5 aliphatic rings. The molecule has 1 saturated heterocycles. The monoisotopic (exact) mass is 566 g/mol. The van der Waals surface area contributed by atoms with Gasteiger partial charge in [0, 0.05) is 18.5 Å². The van der Waals surface area contributed by atoms with Crippen LogP contribution in [-0.4, -0.2) is 30.1 Å². The van der Waals surface area contributed by atoms with Crippen LogP contribution in [-0.2, 0) is 17.5 Å². The lowest BCUT2D eigenvalue weighted by molar-refractivity contribution is -0.138. The van der Waals surface area contributed by atoms with Gasteiger partial charge >= 0.3 is 6.18 Å². The second kappa shape index (κ2) is 10.3. The van der Waals surface area contributed by atoms with Crippen molar-refractivity contribution in [3.05, 3.63) is 59.2 Å². The molecule has 4 bridgehead atoms. The summed E-state index contributed by atoms with van der Waals surface area (Å²) in [5.41, 5.74) is -0.742. The molecule has 0 radical (unpaired) electrons. The summed E-state index contributed by atoms with van der Waals surface area (Å²) in [6, 6.07) is 12.6. The Labute approximate surface area is 239 Å². The molecule has 218 valence electrons. The van der Waals surface area contributed by atoms with Gasteiger partial charge in [0.2, 0.25) is 0 Å². The van der Waals surface area contributed by atoms with Crippen molar-refractivity contribution in [2.75, 3.05) is 13.2 Å². The van der Waals surface area contributed by atoms with E-state index in [1.807, 2.05) is 38.1 Å². The van der Waals surface area contributed by atoms with Crippen molar-refractivity contribution in [1.82, 2.24) is 4.90 Å². The summed E-state index contributed by atoms with van der Waals surface area (Å²) in [6.45, 7) is 5.24. The zero-order valence-electron chi connectivity index (χ0n) is 23.7. The van der Waals surface area contributed by atoms with Crippen LogP contribution in [0.4, 0.5) is 13.2 Å². The molecule has 0 N–H and O–H groups in total. The van der Waals surface area contributed by atoms with Gasteiger partial charge in [0.25, 0.3) is 5.91 Å². The van der Waals surface area contributed by atoms with Gasteiger partial charge in [-0.1, -0.05) is 26.0 Å². The molecule has 2 aromatic rings. The number of benzene rings is 2. The summed E-state index contributed by atoms with van der Waals surface area (Å²) in [5.74, 6) is 3.28. The maximum Gasteiger partial charge on any atom is 0.417 e. The standard InChI is InChI=1S/C33H37F3N2O3/c1-31(2)20-38(30(39)29(31)41-27-8-5-25(18-37)28(14-27)33(34,35)36)19-21-3-6-26(7-4-21)40-10-9-32-15-22-11-23(16-32)13-24(12-22)17-32/h3-8,14,22-24,29H,9-13,15-17,19-20H2,1-2H3/t22?,23?,24?,29-,32?/m0/s1. The Kier molecular flexibility index (Phi) is 6.99. The van der Waals surface area contributed by atoms with E-state index in [9.17, 15) is 18.0 Å². The minimum atomic E-state index is -4.70. The highest BCUT2D eigenvalue weighted by molar-refractivity contribution is 5.84. The van der Waals surface area contributed by atoms with Crippen molar-refractivity contribution in [2.24, 2.45) is 28.6 Å². The van der Waals surface area contributed by atoms with Crippen molar-refractivity contribution >= 4 is 5.91 Å². The van der Waals surface area contributed by atoms with Crippen molar-refractivity contribution in [3.63, 3.8) is 0 Å². The van der Waals surface area contributed by atoms with E-state index in [2.05, 4.69) is 0 Å². The summed E-state index contributed by atoms with van der Waals surface area (Å²) in [6.07, 6.45) is 3.95. The van der Waals surface area contributed by atoms with E-state index in [0.29, 0.717) is 18.5 Å². The molecule has 1 heterocycles. The molecule has 4 aliphatic carbocycles. The van der Waals surface area contributed by atoms with Crippen molar-refractivity contribution in [2.45, 2.75) is 77.6 Å². The number of carbonyl (C=O) groups is 1. The molecule has 8 heteroatoms. The van der Waals surface area contributed by atoms with Gasteiger partial charge in [0.15, 0.2) is 6.10 Å². The number of hydrogen-bond donors (Lipinski definition) is 0. The van der Waals surface area contributed by atoms with Crippen molar-refractivity contribution < 1.29 is 27.4 Å². The SMILES string of the molecule is CC1(C)CN(Cc2ccc(OCCC34CC5CC(CC(C5)C3)C4)cc2)C(=O)[C@@H]1Oc1ccc(C#N)c(C(F)(F)F)c1. The maximum atomic E-state index is 13.4. The molecular weight excluding hydrogens is 529 g/mol. The summed E-state index contributed by atoms with van der Waals surface area (Å²) >= 11 is 0. The van der Waals surface area contributed by atoms with Crippen LogP contribution in [0.3, 0.4) is 0 Å². The Morgan fingerprint density at radius 1 is 0.976 bits per heavy atom. The van der Waals surface area contributed by atoms with Gasteiger partial charge in [-0.2, -0.15) is 18.4 Å². The van der Waals surface area contributed by atoms with E-state index in [0.717, 1.165) is 54.2 Å². The first kappa shape index (κ1) is 27.9. The molecule has 4 saturated carbocycles. The number of hydrogen-bond acceptors (Lipinski definition) is 4. The number of carbonyl (C=O) groups excluding carboxylic acids is 1. The number of rotatable bonds is 8. The van der Waals surface area contributed by atoms with Gasteiger partial charge in [-0.3, -0.25) is 4.79 Å². The number of alkyl halides is 3. The van der Waals surface area contributed by atoms with Gasteiger partial charge in [-0.25, -0.2) is 0 Å². The lowest BCUT2D eigenvalue weighted by Gasteiger charge is -2.57. The van der Waals surface area contributed by atoms with Gasteiger partial charge < -0.3 is 14.4 Å². The number of nitriles is 1. The van der Waals surface area contributed by atoms with Crippen LogP contribution >= 0.6 is 0 Å². The largest absolute Gasteiger partial charge is 0.494 e. The van der Waals surface area contributed by atoms with Gasteiger partial charge in [-0.15, -0.1) is 0 Å². The highest BCUT2D eigenvalue weighted by Gasteiger charge is 2.51. The Bertz CT molecular complexity index is 1310. The fraction of sp³-hybridized carbons (Fsp3) is 0.576. The first-order valence-electron chi connectivity index (χ1n) is 14.7. The highest BCUT2D eigenvalue weighted by Crippen LogP contribution is 2.61. The summed E-state index contributed by atoms with van der Waals surface area (Å²) in [4.78, 5) is 15.0. The van der Waals surface area contributed by atoms with E-state index >= 15 is 0 Å². The number of likely N-dealkylation sites (tertiary alicyclic amines) is 1. The van der Waals surface area contributed by atoms with Crippen LogP contribution in [0.5, 0.6) is 11.5 Å². The lowest BCUT2D eigenvalue weighted by Crippen LogP contribution is -2.46. The summed E-state index contributed by atoms with van der Waals surface area (Å²) in [5, 5.41) is 9.05. The van der Waals surface area contributed by atoms with E-state index in [1.54, 1.807) is 11.0 Å². The van der Waals surface area contributed by atoms with Gasteiger partial charge in [0.1, 0.15) is 11.5 Å². The predicted molar refractivity (Wildman–Crippen MR) is 147 cm³/mol. The molecule has 5 nitrogen and oxygen atoms in total. The maximum absolute atomic E-state index is 13.4. The zero-order chi connectivity index (χ0) is 29.0. The van der Waals surface area contributed by atoms with E-state index in [4.69, 9.17) is 14.7 Å². The quantitative estimate of drug-likeness (QED) is 0.335. The Morgan fingerprint density at radius 2 is 1.59 bits per heavy atom. The fourth-order valence-electron chi connectivity index (χ4n) is 8.45. The van der Waals surface area contributed by atoms with Crippen LogP contribution < -0.4 is 9.47 Å². The summed E-state index contributed by atoms with van der Waals surface area (Å²) < 4.78 is 52.2. The average Bonchev–Trinajstić information content (AvgIpc) is 3.11. The Morgan fingerprint density at radius 3 is 2.17 bits per heavy atom. The molecule has 41 heavy (non-hydrogen) atoms. The molecule has 1 aliphatic heterocycles. The van der Waals surface area contributed by atoms with E-state index in [-0.39, 0.29) is 11.7 Å². The van der Waals surface area contributed by atoms with Gasteiger partial charge in [0.05, 0.1) is 23.8 Å². The number of amides is 1. The van der Waals surface area contributed by atoms with Crippen LogP contribution in [0.25, 0.3) is 0 Å². The third-order valence-corrected chi connectivity index (χ3v) is 9.88. The molecule has 1 atom stereocenters. The van der Waals surface area contributed by atoms with Crippen molar-refractivity contribution in [3.8, 4) is 17.6 Å².